The van der Waals surface area contributed by atoms with Gasteiger partial charge < -0.3 is 14.7 Å². The van der Waals surface area contributed by atoms with Crippen LogP contribution in [0.3, 0.4) is 0 Å². The number of piperidine rings is 1. The van der Waals surface area contributed by atoms with E-state index in [0.717, 1.165) is 34.2 Å². The lowest BCUT2D eigenvalue weighted by molar-refractivity contribution is 0.0546. The number of carbonyl (C=O) groups is 1. The fourth-order valence-electron chi connectivity index (χ4n) is 4.59. The Bertz CT molecular complexity index is 1220. The number of aliphatic hydroxyl groups excluding tert-OH is 1. The molecule has 0 unspecified atom stereocenters. The molecule has 0 radical (unpaired) electrons. The lowest BCUT2D eigenvalue weighted by Crippen LogP contribution is -2.40. The van der Waals surface area contributed by atoms with Crippen LogP contribution in [-0.2, 0) is 6.42 Å². The Kier molecular flexibility index (Phi) is 5.59. The number of pyridine rings is 2. The molecule has 6 nitrogen and oxygen atoms in total. The molecule has 1 saturated heterocycles. The van der Waals surface area contributed by atoms with Crippen molar-refractivity contribution in [2.45, 2.75) is 44.8 Å². The standard InChI is InChI=1S/C26H26ClN3O3/c1-26(2)13-22-20(5-8-29-24(22)33-26)17-11-18(15-28-14-17)21-4-3-16(12-23(21)27)25(32)30-9-6-19(31)7-10-30/h3-5,8,11-12,14-15,19,31H,6-7,9-10,13H2,1-2H3. The van der Waals surface area contributed by atoms with Crippen LogP contribution < -0.4 is 4.74 Å². The third kappa shape index (κ3) is 4.33. The number of benzene rings is 1. The second-order valence-corrected chi connectivity index (χ2v) is 9.77. The first-order valence-electron chi connectivity index (χ1n) is 11.2. The highest BCUT2D eigenvalue weighted by Gasteiger charge is 2.33. The Morgan fingerprint density at radius 1 is 1.12 bits per heavy atom. The Morgan fingerprint density at radius 2 is 1.85 bits per heavy atom. The summed E-state index contributed by atoms with van der Waals surface area (Å²) < 4.78 is 5.98. The number of fused-ring (bicyclic) bond motifs is 1. The molecule has 1 aromatic carbocycles. The monoisotopic (exact) mass is 463 g/mol. The lowest BCUT2D eigenvalue weighted by atomic mass is 9.94. The summed E-state index contributed by atoms with van der Waals surface area (Å²) in [6.45, 7) is 5.23. The molecular formula is C26H26ClN3O3. The van der Waals surface area contributed by atoms with Gasteiger partial charge in [0, 0.05) is 70.9 Å². The van der Waals surface area contributed by atoms with E-state index in [4.69, 9.17) is 16.3 Å². The van der Waals surface area contributed by atoms with Crippen molar-refractivity contribution >= 4 is 17.5 Å². The first kappa shape index (κ1) is 21.9. The summed E-state index contributed by atoms with van der Waals surface area (Å²) in [6, 6.07) is 9.45. The molecule has 4 heterocycles. The van der Waals surface area contributed by atoms with Crippen LogP contribution in [0.2, 0.25) is 5.02 Å². The van der Waals surface area contributed by atoms with Gasteiger partial charge in [0.1, 0.15) is 5.60 Å². The average molecular weight is 464 g/mol. The van der Waals surface area contributed by atoms with Gasteiger partial charge in [-0.2, -0.15) is 0 Å². The van der Waals surface area contributed by atoms with Crippen molar-refractivity contribution in [1.29, 1.82) is 0 Å². The van der Waals surface area contributed by atoms with E-state index < -0.39 is 0 Å². The number of carbonyl (C=O) groups excluding carboxylic acids is 1. The maximum Gasteiger partial charge on any atom is 0.253 e. The van der Waals surface area contributed by atoms with Gasteiger partial charge in [-0.15, -0.1) is 0 Å². The second kappa shape index (κ2) is 8.43. The van der Waals surface area contributed by atoms with Crippen LogP contribution in [0.25, 0.3) is 22.3 Å². The average Bonchev–Trinajstić information content (AvgIpc) is 3.13. The molecule has 0 atom stereocenters. The number of ether oxygens (including phenoxy) is 1. The van der Waals surface area contributed by atoms with Crippen molar-refractivity contribution in [3.05, 3.63) is 65.1 Å². The highest BCUT2D eigenvalue weighted by Crippen LogP contribution is 2.40. The Morgan fingerprint density at radius 3 is 2.58 bits per heavy atom. The van der Waals surface area contributed by atoms with Gasteiger partial charge in [0.05, 0.1) is 6.10 Å². The molecular weight excluding hydrogens is 438 g/mol. The zero-order chi connectivity index (χ0) is 23.2. The molecule has 170 valence electrons. The van der Waals surface area contributed by atoms with Crippen molar-refractivity contribution in [2.24, 2.45) is 0 Å². The smallest absolute Gasteiger partial charge is 0.253 e. The third-order valence-corrected chi connectivity index (χ3v) is 6.63. The fourth-order valence-corrected chi connectivity index (χ4v) is 4.88. The van der Waals surface area contributed by atoms with E-state index in [-0.39, 0.29) is 17.6 Å². The topological polar surface area (TPSA) is 75.6 Å². The van der Waals surface area contributed by atoms with Gasteiger partial charge in [0.2, 0.25) is 5.88 Å². The Hall–Kier alpha value is -2.96. The van der Waals surface area contributed by atoms with Crippen LogP contribution in [0.4, 0.5) is 0 Å². The molecule has 5 rings (SSSR count). The summed E-state index contributed by atoms with van der Waals surface area (Å²) in [5.41, 5.74) is 5.07. The zero-order valence-electron chi connectivity index (χ0n) is 18.7. The number of aromatic nitrogens is 2. The first-order chi connectivity index (χ1) is 15.8. The molecule has 2 aliphatic rings. The minimum atomic E-state index is -0.320. The van der Waals surface area contributed by atoms with Gasteiger partial charge in [0.15, 0.2) is 0 Å². The number of hydrogen-bond donors (Lipinski definition) is 1. The molecule has 33 heavy (non-hydrogen) atoms. The molecule has 2 aromatic heterocycles. The molecule has 1 N–H and O–H groups in total. The van der Waals surface area contributed by atoms with E-state index in [1.54, 1.807) is 23.4 Å². The number of hydrogen-bond acceptors (Lipinski definition) is 5. The summed E-state index contributed by atoms with van der Waals surface area (Å²) >= 11 is 6.63. The molecule has 0 saturated carbocycles. The van der Waals surface area contributed by atoms with Gasteiger partial charge in [-0.25, -0.2) is 4.98 Å². The highest BCUT2D eigenvalue weighted by molar-refractivity contribution is 6.33. The Balaban J connectivity index is 1.43. The number of likely N-dealkylation sites (tertiary alicyclic amines) is 1. The van der Waals surface area contributed by atoms with Gasteiger partial charge in [-0.1, -0.05) is 17.7 Å². The number of aliphatic hydroxyl groups is 1. The second-order valence-electron chi connectivity index (χ2n) is 9.36. The normalized spacial score (nSPS) is 17.5. The maximum absolute atomic E-state index is 12.9. The first-order valence-corrected chi connectivity index (χ1v) is 11.6. The minimum absolute atomic E-state index is 0.0582. The number of nitrogens with zero attached hydrogens (tertiary/aromatic N) is 3. The SMILES string of the molecule is CC1(C)Cc2c(-c3cncc(-c4ccc(C(=O)N5CCC(O)CC5)cc4Cl)c3)ccnc2O1. The molecule has 2 aliphatic heterocycles. The quantitative estimate of drug-likeness (QED) is 0.605. The lowest BCUT2D eigenvalue weighted by Gasteiger charge is -2.29. The van der Waals surface area contributed by atoms with E-state index >= 15 is 0 Å². The van der Waals surface area contributed by atoms with Gasteiger partial charge in [0.25, 0.3) is 5.91 Å². The van der Waals surface area contributed by atoms with E-state index in [0.29, 0.717) is 42.4 Å². The predicted octanol–water partition coefficient (Wildman–Crippen LogP) is 4.77. The number of rotatable bonds is 3. The summed E-state index contributed by atoms with van der Waals surface area (Å²) in [4.78, 5) is 23.5. The van der Waals surface area contributed by atoms with Crippen molar-refractivity contribution in [3.63, 3.8) is 0 Å². The van der Waals surface area contributed by atoms with Crippen LogP contribution in [-0.4, -0.2) is 50.7 Å². The maximum atomic E-state index is 12.9. The van der Waals surface area contributed by atoms with Crippen LogP contribution >= 0.6 is 11.6 Å². The molecule has 1 amide bonds. The van der Waals surface area contributed by atoms with Crippen molar-refractivity contribution in [2.75, 3.05) is 13.1 Å². The van der Waals surface area contributed by atoms with Crippen LogP contribution in [0.1, 0.15) is 42.6 Å². The van der Waals surface area contributed by atoms with Gasteiger partial charge >= 0.3 is 0 Å². The van der Waals surface area contributed by atoms with Crippen LogP contribution in [0, 0.1) is 0 Å². The molecule has 0 aliphatic carbocycles. The number of halogens is 1. The van der Waals surface area contributed by atoms with E-state index in [1.165, 1.54) is 0 Å². The summed E-state index contributed by atoms with van der Waals surface area (Å²) in [5.74, 6) is 0.617. The largest absolute Gasteiger partial charge is 0.471 e. The summed E-state index contributed by atoms with van der Waals surface area (Å²) in [7, 11) is 0. The molecule has 1 fully saturated rings. The molecule has 3 aromatic rings. The van der Waals surface area contributed by atoms with Crippen molar-refractivity contribution in [3.8, 4) is 28.1 Å². The van der Waals surface area contributed by atoms with E-state index in [1.807, 2.05) is 24.4 Å². The Labute approximate surface area is 198 Å². The molecule has 0 bridgehead atoms. The van der Waals surface area contributed by atoms with Crippen LogP contribution in [0.15, 0.2) is 48.9 Å². The third-order valence-electron chi connectivity index (χ3n) is 6.32. The summed E-state index contributed by atoms with van der Waals surface area (Å²) in [6.07, 6.45) is 7.05. The zero-order valence-corrected chi connectivity index (χ0v) is 19.5. The van der Waals surface area contributed by atoms with Gasteiger partial charge in [-0.05, 0) is 56.5 Å². The van der Waals surface area contributed by atoms with Crippen molar-refractivity contribution in [1.82, 2.24) is 14.9 Å². The fraction of sp³-hybridized carbons (Fsp3) is 0.346. The van der Waals surface area contributed by atoms with E-state index in [9.17, 15) is 9.90 Å². The highest BCUT2D eigenvalue weighted by atomic mass is 35.5. The van der Waals surface area contributed by atoms with Crippen molar-refractivity contribution < 1.29 is 14.6 Å². The molecule has 7 heteroatoms. The van der Waals surface area contributed by atoms with Gasteiger partial charge in [-0.3, -0.25) is 9.78 Å². The molecule has 0 spiro atoms. The predicted molar refractivity (Wildman–Crippen MR) is 127 cm³/mol. The van der Waals surface area contributed by atoms with Crippen LogP contribution in [0.5, 0.6) is 5.88 Å². The summed E-state index contributed by atoms with van der Waals surface area (Å²) in [5, 5.41) is 10.2. The van der Waals surface area contributed by atoms with E-state index in [2.05, 4.69) is 29.9 Å². The number of amides is 1. The minimum Gasteiger partial charge on any atom is -0.471 e.